The SMILES string of the molecule is C#CCOc1ccc(C(=O)N2CCOCC2)cc1Cl. The molecule has 19 heavy (non-hydrogen) atoms. The summed E-state index contributed by atoms with van der Waals surface area (Å²) in [6.07, 6.45) is 5.11. The molecule has 0 aromatic heterocycles. The monoisotopic (exact) mass is 279 g/mol. The number of benzene rings is 1. The average Bonchev–Trinajstić information content (AvgIpc) is 2.46. The lowest BCUT2D eigenvalue weighted by Crippen LogP contribution is -2.40. The minimum Gasteiger partial charge on any atom is -0.479 e. The van der Waals surface area contributed by atoms with Crippen LogP contribution in [0.3, 0.4) is 0 Å². The highest BCUT2D eigenvalue weighted by molar-refractivity contribution is 6.32. The number of amides is 1. The molecule has 1 aromatic rings. The summed E-state index contributed by atoms with van der Waals surface area (Å²) in [4.78, 5) is 14.0. The fourth-order valence-electron chi connectivity index (χ4n) is 1.82. The van der Waals surface area contributed by atoms with E-state index < -0.39 is 0 Å². The van der Waals surface area contributed by atoms with E-state index in [0.717, 1.165) is 0 Å². The molecule has 0 saturated carbocycles. The topological polar surface area (TPSA) is 38.8 Å². The van der Waals surface area contributed by atoms with Gasteiger partial charge in [-0.2, -0.15) is 0 Å². The number of ether oxygens (including phenoxy) is 2. The van der Waals surface area contributed by atoms with E-state index in [1.165, 1.54) is 0 Å². The van der Waals surface area contributed by atoms with Crippen LogP contribution in [0.4, 0.5) is 0 Å². The summed E-state index contributed by atoms with van der Waals surface area (Å²) in [5, 5.41) is 0.384. The predicted octanol–water partition coefficient (Wildman–Crippen LogP) is 1.82. The number of terminal acetylenes is 1. The molecule has 4 nitrogen and oxygen atoms in total. The molecule has 0 spiro atoms. The maximum Gasteiger partial charge on any atom is 0.254 e. The predicted molar refractivity (Wildman–Crippen MR) is 72.5 cm³/mol. The number of nitrogens with zero attached hydrogens (tertiary/aromatic N) is 1. The first kappa shape index (κ1) is 13.7. The van der Waals surface area contributed by atoms with Crippen molar-refractivity contribution in [1.29, 1.82) is 0 Å². The van der Waals surface area contributed by atoms with Gasteiger partial charge in [0, 0.05) is 18.7 Å². The highest BCUT2D eigenvalue weighted by Gasteiger charge is 2.19. The maximum absolute atomic E-state index is 12.2. The van der Waals surface area contributed by atoms with Crippen molar-refractivity contribution in [2.45, 2.75) is 0 Å². The number of halogens is 1. The second-order valence-electron chi connectivity index (χ2n) is 4.04. The van der Waals surface area contributed by atoms with Crippen LogP contribution in [0.5, 0.6) is 5.75 Å². The second kappa shape index (κ2) is 6.46. The van der Waals surface area contributed by atoms with Gasteiger partial charge in [-0.1, -0.05) is 17.5 Å². The van der Waals surface area contributed by atoms with E-state index in [-0.39, 0.29) is 12.5 Å². The number of carbonyl (C=O) groups excluding carboxylic acids is 1. The third-order valence-electron chi connectivity index (χ3n) is 2.79. The van der Waals surface area contributed by atoms with Crippen molar-refractivity contribution in [3.63, 3.8) is 0 Å². The molecule has 100 valence electrons. The fraction of sp³-hybridized carbons (Fsp3) is 0.357. The highest BCUT2D eigenvalue weighted by atomic mass is 35.5. The van der Waals surface area contributed by atoms with Crippen LogP contribution in [0.1, 0.15) is 10.4 Å². The Hall–Kier alpha value is -1.70. The molecule has 0 radical (unpaired) electrons. The third-order valence-corrected chi connectivity index (χ3v) is 3.08. The van der Waals surface area contributed by atoms with Crippen molar-refractivity contribution in [2.75, 3.05) is 32.9 Å². The third kappa shape index (κ3) is 3.40. The molecule has 1 aromatic carbocycles. The number of carbonyl (C=O) groups is 1. The zero-order chi connectivity index (χ0) is 13.7. The molecule has 1 saturated heterocycles. The van der Waals surface area contributed by atoms with E-state index in [0.29, 0.717) is 42.6 Å². The Balaban J connectivity index is 2.10. The van der Waals surface area contributed by atoms with E-state index in [2.05, 4.69) is 5.92 Å². The zero-order valence-corrected chi connectivity index (χ0v) is 11.2. The standard InChI is InChI=1S/C14H14ClNO3/c1-2-7-19-13-4-3-11(10-12(13)15)14(17)16-5-8-18-9-6-16/h1,3-4,10H,5-9H2. The minimum atomic E-state index is -0.0475. The fourth-order valence-corrected chi connectivity index (χ4v) is 2.05. The number of rotatable bonds is 3. The zero-order valence-electron chi connectivity index (χ0n) is 10.4. The first-order chi connectivity index (χ1) is 9.22. The van der Waals surface area contributed by atoms with Crippen LogP contribution in [-0.4, -0.2) is 43.7 Å². The Bertz CT molecular complexity index is 504. The van der Waals surface area contributed by atoms with E-state index in [1.807, 2.05) is 0 Å². The highest BCUT2D eigenvalue weighted by Crippen LogP contribution is 2.26. The number of hydrogen-bond acceptors (Lipinski definition) is 3. The van der Waals surface area contributed by atoms with Crippen LogP contribution >= 0.6 is 11.6 Å². The first-order valence-corrected chi connectivity index (χ1v) is 6.33. The average molecular weight is 280 g/mol. The van der Waals surface area contributed by atoms with Crippen molar-refractivity contribution in [2.24, 2.45) is 0 Å². The van der Waals surface area contributed by atoms with Gasteiger partial charge in [-0.15, -0.1) is 6.42 Å². The largest absolute Gasteiger partial charge is 0.479 e. The molecule has 1 heterocycles. The second-order valence-corrected chi connectivity index (χ2v) is 4.45. The Morgan fingerprint density at radius 2 is 2.21 bits per heavy atom. The Labute approximate surface area is 117 Å². The molecule has 5 heteroatoms. The lowest BCUT2D eigenvalue weighted by atomic mass is 10.2. The van der Waals surface area contributed by atoms with Gasteiger partial charge < -0.3 is 14.4 Å². The van der Waals surface area contributed by atoms with Crippen LogP contribution in [0.25, 0.3) is 0 Å². The van der Waals surface area contributed by atoms with Gasteiger partial charge in [0.2, 0.25) is 0 Å². The number of morpholine rings is 1. The van der Waals surface area contributed by atoms with Crippen molar-refractivity contribution in [1.82, 2.24) is 4.90 Å². The lowest BCUT2D eigenvalue weighted by Gasteiger charge is -2.27. The van der Waals surface area contributed by atoms with Crippen molar-refractivity contribution >= 4 is 17.5 Å². The summed E-state index contributed by atoms with van der Waals surface area (Å²) in [6.45, 7) is 2.50. The molecule has 2 rings (SSSR count). The normalized spacial score (nSPS) is 14.8. The van der Waals surface area contributed by atoms with E-state index in [1.54, 1.807) is 23.1 Å². The van der Waals surface area contributed by atoms with Gasteiger partial charge >= 0.3 is 0 Å². The molecule has 0 aliphatic carbocycles. The summed E-state index contributed by atoms with van der Waals surface area (Å²) < 4.78 is 10.5. The Morgan fingerprint density at radius 3 is 2.84 bits per heavy atom. The van der Waals surface area contributed by atoms with Gasteiger partial charge in [0.15, 0.2) is 0 Å². The van der Waals surface area contributed by atoms with Crippen LogP contribution < -0.4 is 4.74 Å². The molecular weight excluding hydrogens is 266 g/mol. The Morgan fingerprint density at radius 1 is 1.47 bits per heavy atom. The van der Waals surface area contributed by atoms with Gasteiger partial charge in [0.25, 0.3) is 5.91 Å². The summed E-state index contributed by atoms with van der Waals surface area (Å²) in [5.41, 5.74) is 0.542. The van der Waals surface area contributed by atoms with Crippen molar-refractivity contribution in [3.05, 3.63) is 28.8 Å². The van der Waals surface area contributed by atoms with Crippen LogP contribution in [0, 0.1) is 12.3 Å². The quantitative estimate of drug-likeness (QED) is 0.793. The van der Waals surface area contributed by atoms with E-state index >= 15 is 0 Å². The molecule has 0 bridgehead atoms. The van der Waals surface area contributed by atoms with Crippen molar-refractivity contribution < 1.29 is 14.3 Å². The van der Waals surface area contributed by atoms with Crippen LogP contribution in [0.2, 0.25) is 5.02 Å². The molecule has 0 unspecified atom stereocenters. The molecule has 0 N–H and O–H groups in total. The van der Waals surface area contributed by atoms with Crippen LogP contribution in [0.15, 0.2) is 18.2 Å². The van der Waals surface area contributed by atoms with E-state index in [9.17, 15) is 4.79 Å². The lowest BCUT2D eigenvalue weighted by molar-refractivity contribution is 0.0303. The molecular formula is C14H14ClNO3. The Kier molecular flexibility index (Phi) is 4.67. The van der Waals surface area contributed by atoms with Gasteiger partial charge in [-0.25, -0.2) is 0 Å². The molecule has 1 aliphatic heterocycles. The summed E-state index contributed by atoms with van der Waals surface area (Å²) >= 11 is 6.06. The van der Waals surface area contributed by atoms with Crippen LogP contribution in [-0.2, 0) is 4.74 Å². The van der Waals surface area contributed by atoms with Crippen molar-refractivity contribution in [3.8, 4) is 18.1 Å². The molecule has 1 aliphatic rings. The van der Waals surface area contributed by atoms with Gasteiger partial charge in [-0.3, -0.25) is 4.79 Å². The first-order valence-electron chi connectivity index (χ1n) is 5.95. The minimum absolute atomic E-state index is 0.0475. The molecule has 1 fully saturated rings. The van der Waals surface area contributed by atoms with Gasteiger partial charge in [0.05, 0.1) is 18.2 Å². The maximum atomic E-state index is 12.2. The summed E-state index contributed by atoms with van der Waals surface area (Å²) in [5.74, 6) is 2.80. The molecule has 1 amide bonds. The smallest absolute Gasteiger partial charge is 0.254 e. The number of hydrogen-bond donors (Lipinski definition) is 0. The van der Waals surface area contributed by atoms with E-state index in [4.69, 9.17) is 27.5 Å². The summed E-state index contributed by atoms with van der Waals surface area (Å²) in [7, 11) is 0. The summed E-state index contributed by atoms with van der Waals surface area (Å²) in [6, 6.07) is 4.95. The van der Waals surface area contributed by atoms with Gasteiger partial charge in [-0.05, 0) is 18.2 Å². The molecule has 0 atom stereocenters. The van der Waals surface area contributed by atoms with Gasteiger partial charge in [0.1, 0.15) is 12.4 Å².